The van der Waals surface area contributed by atoms with Gasteiger partial charge in [-0.05, 0) is 83.7 Å². The van der Waals surface area contributed by atoms with E-state index in [-0.39, 0.29) is 17.3 Å². The molecule has 186 valence electrons. The van der Waals surface area contributed by atoms with Gasteiger partial charge in [0.2, 0.25) is 0 Å². The molecule has 0 amide bonds. The van der Waals surface area contributed by atoms with Gasteiger partial charge in [0.1, 0.15) is 17.2 Å². The van der Waals surface area contributed by atoms with E-state index in [1.165, 1.54) is 5.56 Å². The molecule has 0 aliphatic heterocycles. The van der Waals surface area contributed by atoms with Gasteiger partial charge in [0.05, 0.1) is 19.7 Å². The van der Waals surface area contributed by atoms with Crippen LogP contribution in [0.2, 0.25) is 0 Å². The Morgan fingerprint density at radius 2 is 1.51 bits per heavy atom. The van der Waals surface area contributed by atoms with Crippen molar-refractivity contribution in [3.05, 3.63) is 83.4 Å². The lowest BCUT2D eigenvalue weighted by atomic mass is 9.82. The third kappa shape index (κ3) is 6.68. The molecule has 0 spiro atoms. The van der Waals surface area contributed by atoms with E-state index >= 15 is 0 Å². The van der Waals surface area contributed by atoms with Crippen LogP contribution < -0.4 is 9.47 Å². The van der Waals surface area contributed by atoms with Crippen LogP contribution in [0.25, 0.3) is 0 Å². The van der Waals surface area contributed by atoms with Crippen LogP contribution in [0.5, 0.6) is 17.2 Å². The number of hydrogen-bond acceptors (Lipinski definition) is 4. The molecule has 6 heteroatoms. The highest BCUT2D eigenvalue weighted by molar-refractivity contribution is 8.21. The maximum Gasteiger partial charge on any atom is 0.193 e. The van der Waals surface area contributed by atoms with Gasteiger partial charge in [0.25, 0.3) is 0 Å². The number of ketones is 1. The Morgan fingerprint density at radius 1 is 0.971 bits per heavy atom. The molecule has 2 atom stereocenters. The van der Waals surface area contributed by atoms with E-state index in [0.29, 0.717) is 33.3 Å². The van der Waals surface area contributed by atoms with Gasteiger partial charge in [-0.25, -0.2) is 4.21 Å². The SMILES string of the molecule is C=S(=O)(Cl)c1cc(Oc2ccc(C(=O)c3ccc(C(C)(C)CC)cc3)cc2)ccc1OC(C)CC. The number of rotatable bonds is 10. The summed E-state index contributed by atoms with van der Waals surface area (Å²) in [5, 5.41) is 0. The summed E-state index contributed by atoms with van der Waals surface area (Å²) < 4.78 is 24.3. The summed E-state index contributed by atoms with van der Waals surface area (Å²) in [5.41, 5.74) is 2.50. The van der Waals surface area contributed by atoms with Crippen molar-refractivity contribution in [1.82, 2.24) is 0 Å². The maximum absolute atomic E-state index is 12.9. The molecule has 3 aromatic rings. The third-order valence-corrected chi connectivity index (χ3v) is 7.79. The van der Waals surface area contributed by atoms with Gasteiger partial charge in [0, 0.05) is 17.2 Å². The van der Waals surface area contributed by atoms with Crippen molar-refractivity contribution in [2.75, 3.05) is 0 Å². The van der Waals surface area contributed by atoms with Gasteiger partial charge in [0.15, 0.2) is 5.78 Å². The number of hydrogen-bond donors (Lipinski definition) is 0. The van der Waals surface area contributed by atoms with E-state index in [2.05, 4.69) is 26.6 Å². The fraction of sp³-hybridized carbons (Fsp3) is 0.310. The Balaban J connectivity index is 1.77. The molecular weight excluding hydrogens is 480 g/mol. The largest absolute Gasteiger partial charge is 0.489 e. The molecule has 0 radical (unpaired) electrons. The second-order valence-corrected chi connectivity index (χ2v) is 12.4. The zero-order valence-corrected chi connectivity index (χ0v) is 22.5. The lowest BCUT2D eigenvalue weighted by Gasteiger charge is -2.23. The zero-order chi connectivity index (χ0) is 25.8. The van der Waals surface area contributed by atoms with Gasteiger partial charge in [-0.1, -0.05) is 52.0 Å². The molecule has 0 bridgehead atoms. The first kappa shape index (κ1) is 26.8. The highest BCUT2D eigenvalue weighted by atomic mass is 35.7. The monoisotopic (exact) mass is 512 g/mol. The highest BCUT2D eigenvalue weighted by Gasteiger charge is 2.19. The standard InChI is InChI=1S/C29H33ClO4S/c1-7-20(3)33-26-18-17-25(19-27(26)35(6,30)32)34-24-15-11-22(12-16-24)28(31)21-9-13-23(14-10-21)29(4,5)8-2/h9-20H,6-8H2,1-5H3. The predicted molar refractivity (Wildman–Crippen MR) is 146 cm³/mol. The molecule has 0 aliphatic carbocycles. The summed E-state index contributed by atoms with van der Waals surface area (Å²) in [6, 6.07) is 19.7. The number of halogens is 1. The smallest absolute Gasteiger partial charge is 0.193 e. The first-order valence-corrected chi connectivity index (χ1v) is 14.3. The Morgan fingerprint density at radius 3 is 2.03 bits per heavy atom. The molecule has 0 heterocycles. The highest BCUT2D eigenvalue weighted by Crippen LogP contribution is 2.34. The minimum atomic E-state index is -3.04. The van der Waals surface area contributed by atoms with Crippen LogP contribution in [0.3, 0.4) is 0 Å². The van der Waals surface area contributed by atoms with E-state index < -0.39 is 8.74 Å². The van der Waals surface area contributed by atoms with Crippen LogP contribution in [0, 0.1) is 0 Å². The molecule has 0 N–H and O–H groups in total. The maximum atomic E-state index is 12.9. The summed E-state index contributed by atoms with van der Waals surface area (Å²) in [6.07, 6.45) is 1.76. The van der Waals surface area contributed by atoms with Gasteiger partial charge in [-0.3, -0.25) is 4.79 Å². The minimum absolute atomic E-state index is 0.0508. The summed E-state index contributed by atoms with van der Waals surface area (Å²) >= 11 is 0. The van der Waals surface area contributed by atoms with Crippen molar-refractivity contribution < 1.29 is 18.5 Å². The number of benzene rings is 3. The van der Waals surface area contributed by atoms with E-state index in [1.807, 2.05) is 38.1 Å². The Labute approximate surface area is 213 Å². The van der Waals surface area contributed by atoms with Crippen molar-refractivity contribution in [3.8, 4) is 17.2 Å². The molecule has 3 aromatic carbocycles. The van der Waals surface area contributed by atoms with Crippen molar-refractivity contribution in [1.29, 1.82) is 0 Å². The van der Waals surface area contributed by atoms with Crippen molar-refractivity contribution in [2.45, 2.75) is 63.9 Å². The quantitative estimate of drug-likeness (QED) is 0.158. The fourth-order valence-corrected chi connectivity index (χ4v) is 4.51. The second-order valence-electron chi connectivity index (χ2n) is 9.31. The average Bonchev–Trinajstić information content (AvgIpc) is 2.84. The lowest BCUT2D eigenvalue weighted by Crippen LogP contribution is -2.15. The van der Waals surface area contributed by atoms with E-state index in [1.54, 1.807) is 42.5 Å². The van der Waals surface area contributed by atoms with Crippen molar-refractivity contribution in [3.63, 3.8) is 0 Å². The van der Waals surface area contributed by atoms with E-state index in [9.17, 15) is 9.00 Å². The predicted octanol–water partition coefficient (Wildman–Crippen LogP) is 7.80. The van der Waals surface area contributed by atoms with Gasteiger partial charge in [-0.15, -0.1) is 0 Å². The molecule has 35 heavy (non-hydrogen) atoms. The zero-order valence-electron chi connectivity index (χ0n) is 21.0. The average molecular weight is 513 g/mol. The third-order valence-electron chi connectivity index (χ3n) is 6.31. The fourth-order valence-electron chi connectivity index (χ4n) is 3.44. The molecule has 0 saturated carbocycles. The first-order chi connectivity index (χ1) is 16.4. The molecule has 2 unspecified atom stereocenters. The van der Waals surface area contributed by atoms with Gasteiger partial charge in [-0.2, -0.15) is 0 Å². The summed E-state index contributed by atoms with van der Waals surface area (Å²) in [6.45, 7) is 10.5. The molecule has 0 fully saturated rings. The van der Waals surface area contributed by atoms with Gasteiger partial charge >= 0.3 is 0 Å². The number of ether oxygens (including phenoxy) is 2. The second kappa shape index (κ2) is 10.9. The molecular formula is C29H33ClO4S. The van der Waals surface area contributed by atoms with Crippen molar-refractivity contribution in [2.24, 2.45) is 0 Å². The normalized spacial score (nSPS) is 14.1. The Bertz CT molecular complexity index is 1280. The molecule has 4 nitrogen and oxygen atoms in total. The molecule has 0 aromatic heterocycles. The van der Waals surface area contributed by atoms with Crippen LogP contribution in [-0.4, -0.2) is 22.0 Å². The van der Waals surface area contributed by atoms with Crippen LogP contribution >= 0.6 is 10.7 Å². The summed E-state index contributed by atoms with van der Waals surface area (Å²) in [4.78, 5) is 13.2. The first-order valence-electron chi connectivity index (χ1n) is 11.8. The van der Waals surface area contributed by atoms with E-state index in [4.69, 9.17) is 20.2 Å². The molecule has 0 saturated heterocycles. The van der Waals surface area contributed by atoms with Gasteiger partial charge < -0.3 is 9.47 Å². The van der Waals surface area contributed by atoms with Crippen LogP contribution in [0.15, 0.2) is 71.6 Å². The lowest BCUT2D eigenvalue weighted by molar-refractivity contribution is 0.103. The van der Waals surface area contributed by atoms with Crippen molar-refractivity contribution >= 4 is 31.1 Å². The number of carbonyl (C=O) groups excluding carboxylic acids is 1. The van der Waals surface area contributed by atoms with Crippen LogP contribution in [-0.2, 0) is 14.2 Å². The minimum Gasteiger partial charge on any atom is -0.489 e. The Kier molecular flexibility index (Phi) is 8.34. The summed E-state index contributed by atoms with van der Waals surface area (Å²) in [5.74, 6) is 4.94. The van der Waals surface area contributed by atoms with E-state index in [0.717, 1.165) is 12.8 Å². The van der Waals surface area contributed by atoms with Crippen LogP contribution in [0.1, 0.15) is 68.9 Å². The Hall–Kier alpha value is -2.76. The van der Waals surface area contributed by atoms with Crippen LogP contribution in [0.4, 0.5) is 0 Å². The summed E-state index contributed by atoms with van der Waals surface area (Å²) in [7, 11) is 3.02. The molecule has 3 rings (SSSR count). The molecule has 0 aliphatic rings. The number of carbonyl (C=O) groups is 1. The topological polar surface area (TPSA) is 52.6 Å².